The Hall–Kier alpha value is -2.43. The first-order valence-electron chi connectivity index (χ1n) is 8.41. The number of aromatic nitrogens is 2. The maximum atomic E-state index is 11.8. The van der Waals surface area contributed by atoms with Gasteiger partial charge in [-0.2, -0.15) is 0 Å². The van der Waals surface area contributed by atoms with Gasteiger partial charge in [0.2, 0.25) is 0 Å². The summed E-state index contributed by atoms with van der Waals surface area (Å²) in [5.74, 6) is 1.39. The highest BCUT2D eigenvalue weighted by atomic mass is 16.5. The number of carbonyl (C=O) groups excluding carboxylic acids is 1. The summed E-state index contributed by atoms with van der Waals surface area (Å²) in [4.78, 5) is 20.3. The van der Waals surface area contributed by atoms with Gasteiger partial charge in [-0.05, 0) is 37.1 Å². The van der Waals surface area contributed by atoms with E-state index in [2.05, 4.69) is 16.9 Å². The first-order valence-corrected chi connectivity index (χ1v) is 8.41. The van der Waals surface area contributed by atoms with Gasteiger partial charge in [0.15, 0.2) is 11.6 Å². The Bertz CT molecular complexity index is 639. The molecule has 0 fully saturated rings. The lowest BCUT2D eigenvalue weighted by molar-refractivity contribution is -0.138. The molecule has 0 aliphatic heterocycles. The van der Waals surface area contributed by atoms with Crippen LogP contribution in [-0.2, 0) is 4.79 Å². The van der Waals surface area contributed by atoms with Gasteiger partial charge in [-0.25, -0.2) is 9.97 Å². The smallest absolute Gasteiger partial charge is 0.314 e. The second-order valence-corrected chi connectivity index (χ2v) is 5.70. The molecule has 0 saturated carbocycles. The highest BCUT2D eigenvalue weighted by Gasteiger charge is 2.13. The largest absolute Gasteiger partial charge is 0.494 e. The fourth-order valence-electron chi connectivity index (χ4n) is 1.94. The van der Waals surface area contributed by atoms with E-state index in [0.29, 0.717) is 11.6 Å². The second kappa shape index (κ2) is 9.01. The first-order chi connectivity index (χ1) is 11.6. The maximum Gasteiger partial charge on any atom is 0.314 e. The molecular weight excluding hydrogens is 304 g/mol. The average molecular weight is 328 g/mol. The minimum absolute atomic E-state index is 0.134. The van der Waals surface area contributed by atoms with Gasteiger partial charge in [0.05, 0.1) is 24.9 Å². The predicted molar refractivity (Wildman–Crippen MR) is 93.0 cm³/mol. The molecule has 0 unspecified atom stereocenters. The third kappa shape index (κ3) is 5.05. The summed E-state index contributed by atoms with van der Waals surface area (Å²) in [6.07, 6.45) is 5.94. The van der Waals surface area contributed by atoms with Crippen LogP contribution in [0.2, 0.25) is 0 Å². The van der Waals surface area contributed by atoms with Crippen molar-refractivity contribution < 1.29 is 14.3 Å². The van der Waals surface area contributed by atoms with Crippen LogP contribution in [0.25, 0.3) is 11.4 Å². The summed E-state index contributed by atoms with van der Waals surface area (Å²) in [7, 11) is 0. The molecule has 128 valence electrons. The van der Waals surface area contributed by atoms with Crippen molar-refractivity contribution in [3.05, 3.63) is 36.7 Å². The zero-order valence-electron chi connectivity index (χ0n) is 14.5. The molecule has 0 saturated heterocycles. The highest BCUT2D eigenvalue weighted by molar-refractivity contribution is 5.74. The quantitative estimate of drug-likeness (QED) is 0.535. The van der Waals surface area contributed by atoms with Crippen LogP contribution in [0.3, 0.4) is 0 Å². The number of carbonyl (C=O) groups is 1. The van der Waals surface area contributed by atoms with Crippen LogP contribution in [-0.4, -0.2) is 22.5 Å². The molecule has 5 nitrogen and oxygen atoms in total. The number of ether oxygens (including phenoxy) is 2. The van der Waals surface area contributed by atoms with Crippen molar-refractivity contribution in [3.8, 4) is 22.9 Å². The summed E-state index contributed by atoms with van der Waals surface area (Å²) < 4.78 is 10.9. The summed E-state index contributed by atoms with van der Waals surface area (Å²) in [6.45, 7) is 6.64. The summed E-state index contributed by atoms with van der Waals surface area (Å²) >= 11 is 0. The normalized spacial score (nSPS) is 11.8. The van der Waals surface area contributed by atoms with Gasteiger partial charge in [0, 0.05) is 5.56 Å². The SMILES string of the molecule is CCCCOc1ccc(-c2ncc(OC(=O)[C@@H](C)CC)cn2)cc1. The Kier molecular flexibility index (Phi) is 6.73. The van der Waals surface area contributed by atoms with Crippen molar-refractivity contribution in [2.75, 3.05) is 6.61 Å². The molecule has 24 heavy (non-hydrogen) atoms. The van der Waals surface area contributed by atoms with E-state index in [4.69, 9.17) is 9.47 Å². The van der Waals surface area contributed by atoms with Crippen molar-refractivity contribution in [2.45, 2.75) is 40.0 Å². The van der Waals surface area contributed by atoms with Crippen LogP contribution >= 0.6 is 0 Å². The Morgan fingerprint density at radius 1 is 1.08 bits per heavy atom. The minimum Gasteiger partial charge on any atom is -0.494 e. The molecule has 2 rings (SSSR count). The topological polar surface area (TPSA) is 61.3 Å². The van der Waals surface area contributed by atoms with Crippen molar-refractivity contribution in [1.82, 2.24) is 9.97 Å². The Morgan fingerprint density at radius 3 is 2.33 bits per heavy atom. The van der Waals surface area contributed by atoms with E-state index in [-0.39, 0.29) is 11.9 Å². The van der Waals surface area contributed by atoms with Gasteiger partial charge in [0.25, 0.3) is 0 Å². The van der Waals surface area contributed by atoms with Crippen molar-refractivity contribution in [1.29, 1.82) is 0 Å². The van der Waals surface area contributed by atoms with E-state index in [1.165, 1.54) is 12.4 Å². The van der Waals surface area contributed by atoms with Crippen LogP contribution in [0.4, 0.5) is 0 Å². The number of hydrogen-bond acceptors (Lipinski definition) is 5. The number of rotatable bonds is 8. The van der Waals surface area contributed by atoms with E-state index < -0.39 is 0 Å². The maximum absolute atomic E-state index is 11.8. The minimum atomic E-state index is -0.262. The van der Waals surface area contributed by atoms with Crippen LogP contribution in [0, 0.1) is 5.92 Å². The number of nitrogens with zero attached hydrogens (tertiary/aromatic N) is 2. The second-order valence-electron chi connectivity index (χ2n) is 5.70. The fourth-order valence-corrected chi connectivity index (χ4v) is 1.94. The molecule has 0 radical (unpaired) electrons. The van der Waals surface area contributed by atoms with Crippen LogP contribution < -0.4 is 9.47 Å². The Morgan fingerprint density at radius 2 is 1.75 bits per heavy atom. The van der Waals surface area contributed by atoms with E-state index >= 15 is 0 Å². The molecular formula is C19H24N2O3. The molecule has 0 amide bonds. The molecule has 5 heteroatoms. The molecule has 0 aliphatic carbocycles. The van der Waals surface area contributed by atoms with Gasteiger partial charge in [-0.1, -0.05) is 27.2 Å². The van der Waals surface area contributed by atoms with Crippen molar-refractivity contribution >= 4 is 5.97 Å². The molecule has 0 bridgehead atoms. The lowest BCUT2D eigenvalue weighted by Gasteiger charge is -2.09. The van der Waals surface area contributed by atoms with Gasteiger partial charge < -0.3 is 9.47 Å². The monoisotopic (exact) mass is 328 g/mol. The zero-order valence-corrected chi connectivity index (χ0v) is 14.5. The molecule has 1 heterocycles. The summed E-state index contributed by atoms with van der Waals surface area (Å²) in [5, 5.41) is 0. The van der Waals surface area contributed by atoms with E-state index in [9.17, 15) is 4.79 Å². The number of esters is 1. The van der Waals surface area contributed by atoms with Gasteiger partial charge in [0.1, 0.15) is 5.75 Å². The fraction of sp³-hybridized carbons (Fsp3) is 0.421. The van der Waals surface area contributed by atoms with Crippen molar-refractivity contribution in [2.24, 2.45) is 5.92 Å². The molecule has 1 atom stereocenters. The number of unbranched alkanes of at least 4 members (excludes halogenated alkanes) is 1. The molecule has 1 aromatic carbocycles. The predicted octanol–water partition coefficient (Wildman–Crippen LogP) is 4.27. The lowest BCUT2D eigenvalue weighted by Crippen LogP contribution is -2.17. The van der Waals surface area contributed by atoms with Gasteiger partial charge in [-0.3, -0.25) is 4.79 Å². The van der Waals surface area contributed by atoms with E-state index in [1.807, 2.05) is 38.1 Å². The average Bonchev–Trinajstić information content (AvgIpc) is 2.62. The van der Waals surface area contributed by atoms with Gasteiger partial charge in [-0.15, -0.1) is 0 Å². The molecule has 1 aromatic heterocycles. The summed E-state index contributed by atoms with van der Waals surface area (Å²) in [6, 6.07) is 7.65. The van der Waals surface area contributed by atoms with Crippen LogP contribution in [0.1, 0.15) is 40.0 Å². The molecule has 2 aromatic rings. The number of benzene rings is 1. The van der Waals surface area contributed by atoms with E-state index in [0.717, 1.165) is 37.2 Å². The number of hydrogen-bond donors (Lipinski definition) is 0. The molecule has 0 aliphatic rings. The molecule has 0 spiro atoms. The van der Waals surface area contributed by atoms with E-state index in [1.54, 1.807) is 0 Å². The zero-order chi connectivity index (χ0) is 17.4. The highest BCUT2D eigenvalue weighted by Crippen LogP contribution is 2.21. The standard InChI is InChI=1S/C19H24N2O3/c1-4-6-11-23-16-9-7-15(8-10-16)18-20-12-17(13-21-18)24-19(22)14(3)5-2/h7-10,12-14H,4-6,11H2,1-3H3/t14-/m0/s1. The van der Waals surface area contributed by atoms with Crippen molar-refractivity contribution in [3.63, 3.8) is 0 Å². The van der Waals surface area contributed by atoms with Crippen LogP contribution in [0.5, 0.6) is 11.5 Å². The third-order valence-corrected chi connectivity index (χ3v) is 3.74. The third-order valence-electron chi connectivity index (χ3n) is 3.74. The summed E-state index contributed by atoms with van der Waals surface area (Å²) in [5.41, 5.74) is 0.887. The first kappa shape index (κ1) is 17.9. The Labute approximate surface area is 143 Å². The Balaban J connectivity index is 1.98. The van der Waals surface area contributed by atoms with Gasteiger partial charge >= 0.3 is 5.97 Å². The molecule has 0 N–H and O–H groups in total. The van der Waals surface area contributed by atoms with Crippen LogP contribution in [0.15, 0.2) is 36.7 Å². The lowest BCUT2D eigenvalue weighted by atomic mass is 10.1.